The molecule has 0 N–H and O–H groups in total. The summed E-state index contributed by atoms with van der Waals surface area (Å²) in [5, 5.41) is 0. The molecule has 3 heterocycles. The standard InChI is InChI=1S/C20H32N4O/c1-5-7-17-12-18(22-16(4)21-17)23-11-6-9-20(13-23)10-8-19(25)24(14-20)15(2)3/h12,15H,5-11,13-14H2,1-4H3/t20-/m1/s1. The Balaban J connectivity index is 1.80. The van der Waals surface area contributed by atoms with E-state index in [-0.39, 0.29) is 11.5 Å². The summed E-state index contributed by atoms with van der Waals surface area (Å²) in [6, 6.07) is 2.46. The van der Waals surface area contributed by atoms with Gasteiger partial charge < -0.3 is 9.80 Å². The molecule has 2 saturated heterocycles. The highest BCUT2D eigenvalue weighted by molar-refractivity contribution is 5.77. The van der Waals surface area contributed by atoms with Gasteiger partial charge in [0.1, 0.15) is 11.6 Å². The highest BCUT2D eigenvalue weighted by atomic mass is 16.2. The molecule has 0 aliphatic carbocycles. The van der Waals surface area contributed by atoms with E-state index >= 15 is 0 Å². The topological polar surface area (TPSA) is 49.3 Å². The van der Waals surface area contributed by atoms with Crippen molar-refractivity contribution >= 4 is 11.7 Å². The van der Waals surface area contributed by atoms with Gasteiger partial charge in [0.15, 0.2) is 0 Å². The second-order valence-electron chi connectivity index (χ2n) is 8.16. The lowest BCUT2D eigenvalue weighted by Crippen LogP contribution is -2.55. The third-order valence-corrected chi connectivity index (χ3v) is 5.69. The van der Waals surface area contributed by atoms with Gasteiger partial charge in [0.25, 0.3) is 0 Å². The minimum Gasteiger partial charge on any atom is -0.356 e. The Bertz CT molecular complexity index is 630. The number of nitrogens with zero attached hydrogens (tertiary/aromatic N) is 4. The SMILES string of the molecule is CCCc1cc(N2CCC[C@@]3(CCC(=O)N(C(C)C)C3)C2)nc(C)n1. The van der Waals surface area contributed by atoms with Crippen molar-refractivity contribution in [2.24, 2.45) is 5.41 Å². The predicted molar refractivity (Wildman–Crippen MR) is 101 cm³/mol. The van der Waals surface area contributed by atoms with Gasteiger partial charge in [-0.25, -0.2) is 9.97 Å². The Morgan fingerprint density at radius 2 is 2.04 bits per heavy atom. The molecule has 5 heteroatoms. The van der Waals surface area contributed by atoms with E-state index in [1.165, 1.54) is 12.8 Å². The minimum atomic E-state index is 0.222. The van der Waals surface area contributed by atoms with Crippen molar-refractivity contribution in [3.8, 4) is 0 Å². The van der Waals surface area contributed by atoms with Crippen LogP contribution in [-0.2, 0) is 11.2 Å². The molecular formula is C20H32N4O. The summed E-state index contributed by atoms with van der Waals surface area (Å²) in [7, 11) is 0. The van der Waals surface area contributed by atoms with Crippen LogP contribution in [-0.4, -0.2) is 46.5 Å². The predicted octanol–water partition coefficient (Wildman–Crippen LogP) is 3.35. The Morgan fingerprint density at radius 1 is 1.24 bits per heavy atom. The van der Waals surface area contributed by atoms with Crippen LogP contribution in [0.3, 0.4) is 0 Å². The van der Waals surface area contributed by atoms with E-state index in [0.717, 1.165) is 56.2 Å². The van der Waals surface area contributed by atoms with E-state index in [0.29, 0.717) is 12.3 Å². The van der Waals surface area contributed by atoms with Crippen LogP contribution in [0.5, 0.6) is 0 Å². The number of rotatable bonds is 4. The van der Waals surface area contributed by atoms with Crippen LogP contribution in [0.2, 0.25) is 0 Å². The first-order valence-corrected chi connectivity index (χ1v) is 9.81. The fourth-order valence-corrected chi connectivity index (χ4v) is 4.41. The normalized spacial score (nSPS) is 24.4. The van der Waals surface area contributed by atoms with Gasteiger partial charge in [-0.15, -0.1) is 0 Å². The van der Waals surface area contributed by atoms with E-state index in [9.17, 15) is 4.79 Å². The summed E-state index contributed by atoms with van der Waals surface area (Å²) in [6.45, 7) is 11.4. The number of aryl methyl sites for hydroxylation is 2. The van der Waals surface area contributed by atoms with Gasteiger partial charge in [-0.05, 0) is 46.5 Å². The number of anilines is 1. The van der Waals surface area contributed by atoms with Gasteiger partial charge in [-0.3, -0.25) is 4.79 Å². The first kappa shape index (κ1) is 18.2. The van der Waals surface area contributed by atoms with E-state index in [2.05, 4.69) is 41.6 Å². The number of piperidine rings is 2. The first-order chi connectivity index (χ1) is 11.9. The summed E-state index contributed by atoms with van der Waals surface area (Å²) in [5.41, 5.74) is 1.37. The van der Waals surface area contributed by atoms with E-state index in [1.54, 1.807) is 0 Å². The van der Waals surface area contributed by atoms with Crippen molar-refractivity contribution in [3.63, 3.8) is 0 Å². The summed E-state index contributed by atoms with van der Waals surface area (Å²) in [5.74, 6) is 2.26. The summed E-state index contributed by atoms with van der Waals surface area (Å²) in [6.07, 6.45) is 6.20. The molecule has 0 aromatic carbocycles. The smallest absolute Gasteiger partial charge is 0.222 e. The molecule has 0 bridgehead atoms. The molecule has 3 rings (SSSR count). The zero-order valence-corrected chi connectivity index (χ0v) is 16.2. The van der Waals surface area contributed by atoms with Crippen molar-refractivity contribution in [1.82, 2.24) is 14.9 Å². The van der Waals surface area contributed by atoms with Crippen molar-refractivity contribution < 1.29 is 4.79 Å². The Kier molecular flexibility index (Phi) is 5.30. The molecule has 2 aliphatic heterocycles. The third kappa shape index (κ3) is 3.96. The van der Waals surface area contributed by atoms with Crippen molar-refractivity contribution in [2.75, 3.05) is 24.5 Å². The average molecular weight is 345 g/mol. The Labute approximate surface area is 151 Å². The second kappa shape index (κ2) is 7.30. The Hall–Kier alpha value is -1.65. The quantitative estimate of drug-likeness (QED) is 0.840. The summed E-state index contributed by atoms with van der Waals surface area (Å²) in [4.78, 5) is 26.1. The number of likely N-dealkylation sites (tertiary alicyclic amines) is 1. The number of hydrogen-bond acceptors (Lipinski definition) is 4. The number of aromatic nitrogens is 2. The average Bonchev–Trinajstić information content (AvgIpc) is 2.57. The zero-order chi connectivity index (χ0) is 18.0. The number of carbonyl (C=O) groups excluding carboxylic acids is 1. The molecule has 0 radical (unpaired) electrons. The van der Waals surface area contributed by atoms with Gasteiger partial charge in [0.2, 0.25) is 5.91 Å². The van der Waals surface area contributed by atoms with Gasteiger partial charge in [-0.2, -0.15) is 0 Å². The largest absolute Gasteiger partial charge is 0.356 e. The van der Waals surface area contributed by atoms with E-state index in [1.807, 2.05) is 6.92 Å². The minimum absolute atomic E-state index is 0.222. The second-order valence-corrected chi connectivity index (χ2v) is 8.16. The van der Waals surface area contributed by atoms with Crippen molar-refractivity contribution in [2.45, 2.75) is 72.3 Å². The molecule has 5 nitrogen and oxygen atoms in total. The monoisotopic (exact) mass is 344 g/mol. The number of carbonyl (C=O) groups is 1. The highest BCUT2D eigenvalue weighted by Gasteiger charge is 2.42. The molecule has 1 spiro atoms. The molecule has 2 aliphatic rings. The fraction of sp³-hybridized carbons (Fsp3) is 0.750. The molecule has 1 atom stereocenters. The maximum atomic E-state index is 12.3. The molecule has 0 unspecified atom stereocenters. The van der Waals surface area contributed by atoms with Crippen LogP contribution >= 0.6 is 0 Å². The maximum Gasteiger partial charge on any atom is 0.222 e. The molecule has 1 amide bonds. The van der Waals surface area contributed by atoms with Crippen LogP contribution < -0.4 is 4.90 Å². The van der Waals surface area contributed by atoms with Gasteiger partial charge in [-0.1, -0.05) is 13.3 Å². The zero-order valence-electron chi connectivity index (χ0n) is 16.2. The highest BCUT2D eigenvalue weighted by Crippen LogP contribution is 2.40. The lowest BCUT2D eigenvalue weighted by molar-refractivity contribution is -0.140. The van der Waals surface area contributed by atoms with Crippen LogP contribution in [0.25, 0.3) is 0 Å². The molecule has 138 valence electrons. The molecule has 1 aromatic heterocycles. The van der Waals surface area contributed by atoms with E-state index in [4.69, 9.17) is 4.98 Å². The number of hydrogen-bond donors (Lipinski definition) is 0. The van der Waals surface area contributed by atoms with Crippen LogP contribution in [0.1, 0.15) is 64.4 Å². The molecular weight excluding hydrogens is 312 g/mol. The first-order valence-electron chi connectivity index (χ1n) is 9.81. The lowest BCUT2D eigenvalue weighted by Gasteiger charge is -2.49. The Morgan fingerprint density at radius 3 is 2.76 bits per heavy atom. The van der Waals surface area contributed by atoms with Gasteiger partial charge >= 0.3 is 0 Å². The van der Waals surface area contributed by atoms with Crippen molar-refractivity contribution in [3.05, 3.63) is 17.6 Å². The van der Waals surface area contributed by atoms with Gasteiger partial charge in [0, 0.05) is 49.3 Å². The van der Waals surface area contributed by atoms with Crippen molar-refractivity contribution in [1.29, 1.82) is 0 Å². The van der Waals surface area contributed by atoms with Gasteiger partial charge in [0.05, 0.1) is 0 Å². The number of amides is 1. The maximum absolute atomic E-state index is 12.3. The van der Waals surface area contributed by atoms with Crippen LogP contribution in [0, 0.1) is 12.3 Å². The fourth-order valence-electron chi connectivity index (χ4n) is 4.41. The molecule has 2 fully saturated rings. The molecule has 25 heavy (non-hydrogen) atoms. The summed E-state index contributed by atoms with van der Waals surface area (Å²) < 4.78 is 0. The molecule has 0 saturated carbocycles. The third-order valence-electron chi connectivity index (χ3n) is 5.69. The van der Waals surface area contributed by atoms with Crippen LogP contribution in [0.4, 0.5) is 5.82 Å². The van der Waals surface area contributed by atoms with E-state index < -0.39 is 0 Å². The summed E-state index contributed by atoms with van der Waals surface area (Å²) >= 11 is 0. The molecule has 1 aromatic rings. The lowest BCUT2D eigenvalue weighted by atomic mass is 9.73. The van der Waals surface area contributed by atoms with Crippen LogP contribution in [0.15, 0.2) is 6.07 Å².